The number of phenolic OH excluding ortho intramolecular Hbond substituents is 1. The lowest BCUT2D eigenvalue weighted by atomic mass is 10.1. The molecule has 0 saturated heterocycles. The number of amides is 1. The van der Waals surface area contributed by atoms with E-state index in [0.29, 0.717) is 5.13 Å². The molecule has 0 radical (unpaired) electrons. The van der Waals surface area contributed by atoms with Crippen molar-refractivity contribution in [1.82, 2.24) is 9.88 Å². The Morgan fingerprint density at radius 1 is 1.16 bits per heavy atom. The van der Waals surface area contributed by atoms with E-state index in [1.807, 2.05) is 0 Å². The third kappa shape index (κ3) is 2.96. The minimum absolute atomic E-state index is 0.0185. The van der Waals surface area contributed by atoms with E-state index in [1.54, 1.807) is 31.7 Å². The van der Waals surface area contributed by atoms with Crippen LogP contribution in [-0.4, -0.2) is 35.0 Å². The van der Waals surface area contributed by atoms with E-state index in [-0.39, 0.29) is 34.3 Å². The number of para-hydroxylation sites is 1. The molecule has 1 heterocycles. The normalized spacial score (nSPS) is 10.6. The van der Waals surface area contributed by atoms with Crippen LogP contribution in [0, 0.1) is 0 Å². The van der Waals surface area contributed by atoms with Crippen molar-refractivity contribution in [3.63, 3.8) is 0 Å². The number of anilines is 4. The average Bonchev–Trinajstić information content (AvgIpc) is 3.11. The number of nitrogens with one attached hydrogen (secondary N) is 2. The van der Waals surface area contributed by atoms with Crippen LogP contribution in [0.3, 0.4) is 0 Å². The number of hydrogen-bond acceptors (Lipinski definition) is 8. The Bertz CT molecular complexity index is 1000. The summed E-state index contributed by atoms with van der Waals surface area (Å²) in [7, 11) is 3.13. The number of nitrogens with zero attached hydrogens (tertiary/aromatic N) is 2. The number of aromatic hydroxyl groups is 1. The molecule has 1 aromatic heterocycles. The van der Waals surface area contributed by atoms with Gasteiger partial charge >= 0.3 is 0 Å². The monoisotopic (exact) mass is 358 g/mol. The number of aromatic nitrogens is 1. The molecule has 3 rings (SSSR count). The maximum absolute atomic E-state index is 12.1. The predicted octanol–water partition coefficient (Wildman–Crippen LogP) is 1.63. The lowest BCUT2D eigenvalue weighted by Crippen LogP contribution is -2.35. The van der Waals surface area contributed by atoms with Crippen molar-refractivity contribution < 1.29 is 9.90 Å². The average molecular weight is 358 g/mol. The number of thiazole rings is 1. The zero-order valence-electron chi connectivity index (χ0n) is 13.4. The highest BCUT2D eigenvalue weighted by atomic mass is 32.1. The minimum Gasteiger partial charge on any atom is -0.505 e. The molecule has 8 nitrogen and oxygen atoms in total. The van der Waals surface area contributed by atoms with Gasteiger partial charge in [-0.3, -0.25) is 14.4 Å². The van der Waals surface area contributed by atoms with Gasteiger partial charge in [0.05, 0.1) is 11.3 Å². The molecule has 3 aromatic rings. The molecule has 1 amide bonds. The van der Waals surface area contributed by atoms with Crippen molar-refractivity contribution in [2.45, 2.75) is 0 Å². The number of phenols is 1. The first-order valence-corrected chi connectivity index (χ1v) is 8.08. The Hall–Kier alpha value is -3.20. The first kappa shape index (κ1) is 16.7. The summed E-state index contributed by atoms with van der Waals surface area (Å²) in [4.78, 5) is 41.0. The molecule has 128 valence electrons. The van der Waals surface area contributed by atoms with Gasteiger partial charge in [-0.05, 0) is 12.1 Å². The molecular weight excluding hydrogens is 344 g/mol. The predicted molar refractivity (Wildman–Crippen MR) is 96.2 cm³/mol. The smallest absolute Gasteiger partial charge is 0.257 e. The lowest BCUT2D eigenvalue weighted by molar-refractivity contribution is 0.0825. The van der Waals surface area contributed by atoms with E-state index >= 15 is 0 Å². The van der Waals surface area contributed by atoms with E-state index in [9.17, 15) is 19.5 Å². The van der Waals surface area contributed by atoms with Gasteiger partial charge in [0.15, 0.2) is 10.9 Å². The highest BCUT2D eigenvalue weighted by Crippen LogP contribution is 2.32. The number of rotatable bonds is 5. The minimum atomic E-state index is -0.706. The van der Waals surface area contributed by atoms with Gasteiger partial charge in [0.1, 0.15) is 11.4 Å². The second-order valence-corrected chi connectivity index (χ2v) is 6.29. The van der Waals surface area contributed by atoms with Gasteiger partial charge in [-0.2, -0.15) is 0 Å². The van der Waals surface area contributed by atoms with Gasteiger partial charge < -0.3 is 20.6 Å². The SMILES string of the molecule is CN(C)C(=O)c1cccc(Nc2c(Nc3nccs3)c(=O)c2=O)c1O. The molecule has 2 aromatic carbocycles. The molecule has 0 atom stereocenters. The largest absolute Gasteiger partial charge is 0.505 e. The molecule has 0 aliphatic carbocycles. The first-order chi connectivity index (χ1) is 11.9. The van der Waals surface area contributed by atoms with Crippen LogP contribution in [0.4, 0.5) is 22.2 Å². The Morgan fingerprint density at radius 2 is 1.84 bits per heavy atom. The second-order valence-electron chi connectivity index (χ2n) is 5.40. The quantitative estimate of drug-likeness (QED) is 0.469. The second kappa shape index (κ2) is 6.36. The van der Waals surface area contributed by atoms with E-state index < -0.39 is 10.9 Å². The van der Waals surface area contributed by atoms with Crippen LogP contribution in [0.5, 0.6) is 5.75 Å². The van der Waals surface area contributed by atoms with Crippen molar-refractivity contribution in [2.24, 2.45) is 0 Å². The van der Waals surface area contributed by atoms with Crippen molar-refractivity contribution in [3.05, 3.63) is 55.8 Å². The zero-order chi connectivity index (χ0) is 18.1. The van der Waals surface area contributed by atoms with Gasteiger partial charge in [-0.25, -0.2) is 4.98 Å². The highest BCUT2D eigenvalue weighted by molar-refractivity contribution is 7.13. The molecule has 25 heavy (non-hydrogen) atoms. The van der Waals surface area contributed by atoms with E-state index in [2.05, 4.69) is 15.6 Å². The fraction of sp³-hybridized carbons (Fsp3) is 0.125. The summed E-state index contributed by atoms with van der Waals surface area (Å²) in [5, 5.41) is 18.0. The van der Waals surface area contributed by atoms with Gasteiger partial charge in [0, 0.05) is 25.7 Å². The molecular formula is C16H14N4O4S. The molecule has 0 spiro atoms. The summed E-state index contributed by atoms with van der Waals surface area (Å²) in [6.45, 7) is 0. The molecule has 0 fully saturated rings. The molecule has 9 heteroatoms. The Labute approximate surface area is 146 Å². The van der Waals surface area contributed by atoms with Crippen LogP contribution in [0.15, 0.2) is 39.4 Å². The van der Waals surface area contributed by atoms with Gasteiger partial charge in [-0.15, -0.1) is 11.3 Å². The third-order valence-corrected chi connectivity index (χ3v) is 4.20. The van der Waals surface area contributed by atoms with Crippen molar-refractivity contribution in [1.29, 1.82) is 0 Å². The number of hydrogen-bond donors (Lipinski definition) is 3. The van der Waals surface area contributed by atoms with Crippen LogP contribution in [0.2, 0.25) is 0 Å². The topological polar surface area (TPSA) is 112 Å². The summed E-state index contributed by atoms with van der Waals surface area (Å²) in [6.07, 6.45) is 1.56. The Morgan fingerprint density at radius 3 is 2.44 bits per heavy atom. The van der Waals surface area contributed by atoms with Crippen LogP contribution in [0.25, 0.3) is 0 Å². The molecule has 0 aliphatic heterocycles. The Balaban J connectivity index is 1.93. The van der Waals surface area contributed by atoms with Crippen LogP contribution >= 0.6 is 11.3 Å². The van der Waals surface area contributed by atoms with Crippen molar-refractivity contribution in [3.8, 4) is 5.75 Å². The van der Waals surface area contributed by atoms with Gasteiger partial charge in [0.2, 0.25) is 0 Å². The van der Waals surface area contributed by atoms with Crippen LogP contribution in [0.1, 0.15) is 10.4 Å². The summed E-state index contributed by atoms with van der Waals surface area (Å²) < 4.78 is 0. The van der Waals surface area contributed by atoms with Crippen LogP contribution in [-0.2, 0) is 0 Å². The lowest BCUT2D eigenvalue weighted by Gasteiger charge is -2.17. The molecule has 0 aliphatic rings. The molecule has 0 unspecified atom stereocenters. The number of carbonyl (C=O) groups excluding carboxylic acids is 1. The maximum Gasteiger partial charge on any atom is 0.257 e. The zero-order valence-corrected chi connectivity index (χ0v) is 14.2. The molecule has 3 N–H and O–H groups in total. The third-order valence-electron chi connectivity index (χ3n) is 3.51. The Kier molecular flexibility index (Phi) is 4.24. The fourth-order valence-corrected chi connectivity index (χ4v) is 2.75. The van der Waals surface area contributed by atoms with Crippen LogP contribution < -0.4 is 21.5 Å². The fourth-order valence-electron chi connectivity index (χ4n) is 2.21. The number of carbonyl (C=O) groups is 1. The van der Waals surface area contributed by atoms with E-state index in [1.165, 1.54) is 28.4 Å². The maximum atomic E-state index is 12.1. The summed E-state index contributed by atoms with van der Waals surface area (Å²) in [5.41, 5.74) is -1.04. The van der Waals surface area contributed by atoms with Crippen molar-refractivity contribution in [2.75, 3.05) is 24.7 Å². The van der Waals surface area contributed by atoms with Gasteiger partial charge in [-0.1, -0.05) is 6.07 Å². The summed E-state index contributed by atoms with van der Waals surface area (Å²) >= 11 is 1.28. The van der Waals surface area contributed by atoms with Gasteiger partial charge in [0.25, 0.3) is 16.8 Å². The highest BCUT2D eigenvalue weighted by Gasteiger charge is 2.24. The first-order valence-electron chi connectivity index (χ1n) is 7.20. The van der Waals surface area contributed by atoms with E-state index in [4.69, 9.17) is 0 Å². The number of benzene rings is 1. The summed E-state index contributed by atoms with van der Waals surface area (Å²) in [6, 6.07) is 4.55. The molecule has 0 saturated carbocycles. The standard InChI is InChI=1S/C16H14N4O4S/c1-20(2)15(24)8-4-3-5-9(12(8)21)18-10-11(14(23)13(10)22)19-16-17-6-7-25-16/h3-7,18,21H,1-2H3,(H,17,19). The molecule has 0 bridgehead atoms. The van der Waals surface area contributed by atoms with Crippen molar-refractivity contribution >= 4 is 39.4 Å². The van der Waals surface area contributed by atoms with E-state index in [0.717, 1.165) is 0 Å². The summed E-state index contributed by atoms with van der Waals surface area (Å²) in [5.74, 6) is -0.679.